The second-order valence-corrected chi connectivity index (χ2v) is 5.74. The van der Waals surface area contributed by atoms with Crippen LogP contribution in [0.3, 0.4) is 0 Å². The molecule has 24 heavy (non-hydrogen) atoms. The molecular formula is C18H24O6. The summed E-state index contributed by atoms with van der Waals surface area (Å²) in [5, 5.41) is 18.9. The Morgan fingerprint density at radius 1 is 1.29 bits per heavy atom. The number of aromatic hydroxyl groups is 2. The molecule has 1 fully saturated rings. The topological polar surface area (TPSA) is 85.2 Å². The molecule has 1 saturated heterocycles. The predicted molar refractivity (Wildman–Crippen MR) is 87.6 cm³/mol. The van der Waals surface area contributed by atoms with Gasteiger partial charge in [-0.2, -0.15) is 0 Å². The van der Waals surface area contributed by atoms with E-state index < -0.39 is 12.6 Å². The van der Waals surface area contributed by atoms with Gasteiger partial charge < -0.3 is 24.4 Å². The molecule has 2 N–H and O–H groups in total. The zero-order valence-electron chi connectivity index (χ0n) is 14.2. The molecule has 0 bridgehead atoms. The number of allylic oxidation sites excluding steroid dienone is 1. The van der Waals surface area contributed by atoms with Gasteiger partial charge in [0, 0.05) is 33.0 Å². The quantitative estimate of drug-likeness (QED) is 0.613. The molecule has 1 aliphatic rings. The first-order chi connectivity index (χ1) is 11.5. The van der Waals surface area contributed by atoms with E-state index >= 15 is 0 Å². The van der Waals surface area contributed by atoms with Crippen LogP contribution in [-0.2, 0) is 25.4 Å². The summed E-state index contributed by atoms with van der Waals surface area (Å²) in [5.74, 6) is -0.594. The number of rotatable bonds is 6. The van der Waals surface area contributed by atoms with Crippen molar-refractivity contribution in [2.75, 3.05) is 14.2 Å². The number of carbonyl (C=O) groups is 1. The summed E-state index contributed by atoms with van der Waals surface area (Å²) in [5.41, 5.74) is 1.60. The third-order valence-electron chi connectivity index (χ3n) is 4.28. The fourth-order valence-corrected chi connectivity index (χ4v) is 2.93. The van der Waals surface area contributed by atoms with Crippen molar-refractivity contribution in [3.05, 3.63) is 35.4 Å². The third kappa shape index (κ3) is 4.14. The smallest absolute Gasteiger partial charge is 0.183 e. The molecule has 1 aromatic carbocycles. The summed E-state index contributed by atoms with van der Waals surface area (Å²) in [7, 11) is 3.08. The van der Waals surface area contributed by atoms with Crippen LogP contribution >= 0.6 is 0 Å². The van der Waals surface area contributed by atoms with E-state index in [1.807, 2.05) is 13.0 Å². The number of methoxy groups -OCH3 is 2. The van der Waals surface area contributed by atoms with Crippen LogP contribution in [0.5, 0.6) is 11.5 Å². The SMILES string of the molecule is C/C=C1\[C@@H](OC)O[C@H](OC)C[C@H]1C(=O)CCc1ccc(O)c(O)c1. The first kappa shape index (κ1) is 18.4. The fourth-order valence-electron chi connectivity index (χ4n) is 2.93. The molecule has 2 rings (SSSR count). The molecule has 0 aromatic heterocycles. The molecule has 1 aliphatic heterocycles. The van der Waals surface area contributed by atoms with Gasteiger partial charge in [-0.15, -0.1) is 0 Å². The molecule has 132 valence electrons. The van der Waals surface area contributed by atoms with E-state index in [0.717, 1.165) is 11.1 Å². The first-order valence-electron chi connectivity index (χ1n) is 7.90. The van der Waals surface area contributed by atoms with Crippen LogP contribution in [0.25, 0.3) is 0 Å². The van der Waals surface area contributed by atoms with Gasteiger partial charge in [-0.25, -0.2) is 0 Å². The largest absolute Gasteiger partial charge is 0.504 e. The molecule has 0 aliphatic carbocycles. The Morgan fingerprint density at radius 3 is 2.62 bits per heavy atom. The van der Waals surface area contributed by atoms with Gasteiger partial charge in [0.1, 0.15) is 5.78 Å². The maximum Gasteiger partial charge on any atom is 0.183 e. The Kier molecular flexibility index (Phi) is 6.36. The number of ether oxygens (including phenoxy) is 3. The molecule has 0 radical (unpaired) electrons. The number of carbonyl (C=O) groups excluding carboxylic acids is 1. The lowest BCUT2D eigenvalue weighted by molar-refractivity contribution is -0.237. The van der Waals surface area contributed by atoms with E-state index in [1.165, 1.54) is 19.2 Å². The van der Waals surface area contributed by atoms with Crippen LogP contribution in [0.4, 0.5) is 0 Å². The third-order valence-corrected chi connectivity index (χ3v) is 4.28. The zero-order valence-corrected chi connectivity index (χ0v) is 14.2. The Bertz CT molecular complexity index is 610. The Labute approximate surface area is 141 Å². The van der Waals surface area contributed by atoms with E-state index in [-0.39, 0.29) is 23.2 Å². The number of benzene rings is 1. The van der Waals surface area contributed by atoms with Gasteiger partial charge >= 0.3 is 0 Å². The second-order valence-electron chi connectivity index (χ2n) is 5.74. The average Bonchev–Trinajstić information content (AvgIpc) is 2.60. The molecule has 6 heteroatoms. The van der Waals surface area contributed by atoms with Gasteiger partial charge in [0.15, 0.2) is 24.1 Å². The van der Waals surface area contributed by atoms with Gasteiger partial charge in [0.25, 0.3) is 0 Å². The molecule has 6 nitrogen and oxygen atoms in total. The minimum atomic E-state index is -0.583. The van der Waals surface area contributed by atoms with Gasteiger partial charge in [0.05, 0.1) is 0 Å². The molecular weight excluding hydrogens is 312 g/mol. The maximum atomic E-state index is 12.7. The van der Waals surface area contributed by atoms with Crippen LogP contribution in [-0.4, -0.2) is 42.8 Å². The summed E-state index contributed by atoms with van der Waals surface area (Å²) in [6, 6.07) is 4.58. The Balaban J connectivity index is 2.06. The number of phenolic OH excluding ortho intramolecular Hbond substituents is 2. The number of Topliss-reactive ketones (excluding diaryl/α,β-unsaturated/α-hetero) is 1. The summed E-state index contributed by atoms with van der Waals surface area (Å²) >= 11 is 0. The molecule has 0 unspecified atom stereocenters. The zero-order chi connectivity index (χ0) is 17.7. The van der Waals surface area contributed by atoms with Crippen LogP contribution in [0, 0.1) is 5.92 Å². The fraction of sp³-hybridized carbons (Fsp3) is 0.500. The molecule has 1 heterocycles. The monoisotopic (exact) mass is 336 g/mol. The van der Waals surface area contributed by atoms with E-state index in [9.17, 15) is 15.0 Å². The number of phenols is 2. The van der Waals surface area contributed by atoms with E-state index in [0.29, 0.717) is 19.3 Å². The molecule has 0 spiro atoms. The average molecular weight is 336 g/mol. The molecule has 1 aromatic rings. The normalized spacial score (nSPS) is 25.8. The molecule has 0 saturated carbocycles. The number of hydrogen-bond donors (Lipinski definition) is 2. The van der Waals surface area contributed by atoms with E-state index in [4.69, 9.17) is 14.2 Å². The summed E-state index contributed by atoms with van der Waals surface area (Å²) in [6.45, 7) is 1.86. The maximum absolute atomic E-state index is 12.7. The van der Waals surface area contributed by atoms with Crippen LogP contribution in [0.1, 0.15) is 25.3 Å². The van der Waals surface area contributed by atoms with Crippen LogP contribution in [0.2, 0.25) is 0 Å². The lowest BCUT2D eigenvalue weighted by atomic mass is 9.85. The van der Waals surface area contributed by atoms with E-state index in [1.54, 1.807) is 13.2 Å². The molecule has 3 atom stereocenters. The minimum absolute atomic E-state index is 0.0723. The minimum Gasteiger partial charge on any atom is -0.504 e. The van der Waals surface area contributed by atoms with Gasteiger partial charge in [-0.3, -0.25) is 4.79 Å². The van der Waals surface area contributed by atoms with Crippen molar-refractivity contribution < 1.29 is 29.2 Å². The highest BCUT2D eigenvalue weighted by Crippen LogP contribution is 2.33. The van der Waals surface area contributed by atoms with Crippen molar-refractivity contribution in [3.8, 4) is 11.5 Å². The van der Waals surface area contributed by atoms with Crippen molar-refractivity contribution in [3.63, 3.8) is 0 Å². The number of hydrogen-bond acceptors (Lipinski definition) is 6. The van der Waals surface area contributed by atoms with Crippen molar-refractivity contribution in [2.24, 2.45) is 5.92 Å². The van der Waals surface area contributed by atoms with Gasteiger partial charge in [-0.1, -0.05) is 12.1 Å². The molecule has 0 amide bonds. The number of aryl methyl sites for hydroxylation is 1. The van der Waals surface area contributed by atoms with Crippen molar-refractivity contribution in [1.29, 1.82) is 0 Å². The van der Waals surface area contributed by atoms with Crippen molar-refractivity contribution in [2.45, 2.75) is 38.8 Å². The first-order valence-corrected chi connectivity index (χ1v) is 7.90. The van der Waals surface area contributed by atoms with Crippen LogP contribution in [0.15, 0.2) is 29.8 Å². The Hall–Kier alpha value is -1.89. The highest BCUT2D eigenvalue weighted by atomic mass is 16.8. The lowest BCUT2D eigenvalue weighted by Crippen LogP contribution is -2.40. The van der Waals surface area contributed by atoms with Crippen molar-refractivity contribution >= 4 is 5.78 Å². The Morgan fingerprint density at radius 2 is 2.04 bits per heavy atom. The summed E-state index contributed by atoms with van der Waals surface area (Å²) in [6.07, 6.45) is 2.05. The second kappa shape index (κ2) is 8.28. The highest BCUT2D eigenvalue weighted by Gasteiger charge is 2.37. The highest BCUT2D eigenvalue weighted by molar-refractivity contribution is 5.84. The van der Waals surface area contributed by atoms with Gasteiger partial charge in [0.2, 0.25) is 0 Å². The van der Waals surface area contributed by atoms with Crippen LogP contribution < -0.4 is 0 Å². The predicted octanol–water partition coefficient (Wildman–Crippen LogP) is 2.53. The number of ketones is 1. The van der Waals surface area contributed by atoms with Gasteiger partial charge in [-0.05, 0) is 36.6 Å². The summed E-state index contributed by atoms with van der Waals surface area (Å²) < 4.78 is 16.2. The standard InChI is InChI=1S/C18H24O6/c1-4-12-13(10-17(22-2)24-18(12)23-3)14(19)7-5-11-6-8-15(20)16(21)9-11/h4,6,8-9,13,17-18,20-21H,5,7,10H2,1-3H3/b12-4-/t13-,17+,18+/m1/s1. The lowest BCUT2D eigenvalue weighted by Gasteiger charge is -2.35. The van der Waals surface area contributed by atoms with E-state index in [2.05, 4.69) is 0 Å². The summed E-state index contributed by atoms with van der Waals surface area (Å²) in [4.78, 5) is 12.7. The van der Waals surface area contributed by atoms with Crippen molar-refractivity contribution in [1.82, 2.24) is 0 Å².